The molecule has 1 unspecified atom stereocenters. The lowest BCUT2D eigenvalue weighted by atomic mass is 9.71. The van der Waals surface area contributed by atoms with Crippen LogP contribution >= 0.6 is 11.3 Å². The lowest BCUT2D eigenvalue weighted by molar-refractivity contribution is 0.0699. The van der Waals surface area contributed by atoms with Crippen LogP contribution in [0.25, 0.3) is 11.1 Å². The van der Waals surface area contributed by atoms with Gasteiger partial charge in [0.05, 0.1) is 0 Å². The fraction of sp³-hybridized carbons (Fsp3) is 0.472. The summed E-state index contributed by atoms with van der Waals surface area (Å²) in [5.41, 5.74) is 8.81. The first-order valence-corrected chi connectivity index (χ1v) is 15.7. The number of hydrogen-bond acceptors (Lipinski definition) is 3. The Hall–Kier alpha value is -2.85. The lowest BCUT2D eigenvalue weighted by Gasteiger charge is -2.37. The number of benzene rings is 1. The molecular weight excluding hydrogens is 510 g/mol. The van der Waals surface area contributed by atoms with Gasteiger partial charge in [-0.05, 0) is 77.2 Å². The summed E-state index contributed by atoms with van der Waals surface area (Å²) in [7, 11) is 0. The van der Waals surface area contributed by atoms with Crippen molar-refractivity contribution in [3.8, 4) is 11.1 Å². The summed E-state index contributed by atoms with van der Waals surface area (Å²) in [5.74, 6) is -0.578. The summed E-state index contributed by atoms with van der Waals surface area (Å²) in [6.07, 6.45) is 15.6. The Balaban J connectivity index is 0.000000722. The zero-order chi connectivity index (χ0) is 29.9. The van der Waals surface area contributed by atoms with Crippen molar-refractivity contribution in [1.29, 1.82) is 0 Å². The first-order chi connectivity index (χ1) is 19.0. The Kier molecular flexibility index (Phi) is 13.2. The Morgan fingerprint density at radius 2 is 1.73 bits per heavy atom. The maximum absolute atomic E-state index is 12.4. The van der Waals surface area contributed by atoms with Gasteiger partial charge in [-0.25, -0.2) is 4.79 Å². The predicted molar refractivity (Wildman–Crippen MR) is 176 cm³/mol. The van der Waals surface area contributed by atoms with Crippen molar-refractivity contribution < 1.29 is 9.90 Å². The molecule has 2 N–H and O–H groups in total. The summed E-state index contributed by atoms with van der Waals surface area (Å²) in [6.45, 7) is 19.2. The van der Waals surface area contributed by atoms with E-state index in [1.54, 1.807) is 0 Å². The molecule has 2 aliphatic rings. The molecule has 40 heavy (non-hydrogen) atoms. The molecule has 4 rings (SSSR count). The van der Waals surface area contributed by atoms with Crippen LogP contribution in [0.1, 0.15) is 110 Å². The van der Waals surface area contributed by atoms with Crippen molar-refractivity contribution in [2.45, 2.75) is 101 Å². The monoisotopic (exact) mass is 561 g/mol. The van der Waals surface area contributed by atoms with Gasteiger partial charge >= 0.3 is 5.97 Å². The summed E-state index contributed by atoms with van der Waals surface area (Å²) in [6, 6.07) is 8.10. The minimum atomic E-state index is -0.877. The minimum Gasteiger partial charge on any atom is -0.478 e. The molecule has 0 spiro atoms. The fourth-order valence-electron chi connectivity index (χ4n) is 4.67. The van der Waals surface area contributed by atoms with E-state index >= 15 is 0 Å². The SMILES string of the molecule is CC.CC=C(C)C.Cc1ccc(-c2csc(NC(=C3CCC3)C(CC3=CCCC=C3)C(C)(C)C)c2C(=O)O)cc1. The molecule has 0 radical (unpaired) electrons. The average Bonchev–Trinajstić information content (AvgIpc) is 3.31. The van der Waals surface area contributed by atoms with Crippen molar-refractivity contribution in [3.05, 3.63) is 87.5 Å². The van der Waals surface area contributed by atoms with Crippen LogP contribution in [0.2, 0.25) is 0 Å². The topological polar surface area (TPSA) is 49.3 Å². The Morgan fingerprint density at radius 1 is 1.10 bits per heavy atom. The first-order valence-electron chi connectivity index (χ1n) is 14.9. The molecule has 0 bridgehead atoms. The van der Waals surface area contributed by atoms with Crippen LogP contribution in [0.3, 0.4) is 0 Å². The molecule has 1 aromatic carbocycles. The van der Waals surface area contributed by atoms with E-state index in [-0.39, 0.29) is 5.41 Å². The van der Waals surface area contributed by atoms with Crippen molar-refractivity contribution in [2.24, 2.45) is 11.3 Å². The molecule has 1 atom stereocenters. The van der Waals surface area contributed by atoms with Crippen LogP contribution in [0, 0.1) is 18.3 Å². The smallest absolute Gasteiger partial charge is 0.339 e. The summed E-state index contributed by atoms with van der Waals surface area (Å²) >= 11 is 1.50. The molecule has 4 heteroatoms. The number of rotatable bonds is 7. The third kappa shape index (κ3) is 9.37. The molecule has 1 fully saturated rings. The van der Waals surface area contributed by atoms with Crippen LogP contribution < -0.4 is 5.32 Å². The van der Waals surface area contributed by atoms with Gasteiger partial charge in [-0.1, -0.05) is 105 Å². The van der Waals surface area contributed by atoms with Crippen LogP contribution in [-0.2, 0) is 0 Å². The molecular formula is C36H51NO2S. The molecule has 0 saturated heterocycles. The molecule has 0 amide bonds. The number of thiophene rings is 1. The summed E-state index contributed by atoms with van der Waals surface area (Å²) < 4.78 is 0. The number of aryl methyl sites for hydroxylation is 1. The van der Waals surface area contributed by atoms with Crippen LogP contribution in [0.5, 0.6) is 0 Å². The normalized spacial score (nSPS) is 14.8. The van der Waals surface area contributed by atoms with Gasteiger partial charge in [0.2, 0.25) is 0 Å². The number of anilines is 1. The highest BCUT2D eigenvalue weighted by Crippen LogP contribution is 2.45. The second-order valence-corrected chi connectivity index (χ2v) is 12.6. The molecule has 1 aromatic heterocycles. The standard InChI is InChI=1S/C29H35NO2S.C5H10.C2H6/c1-19-13-15-21(16-14-19)23-18-33-27(25(23)28(31)32)30-26(22-11-8-12-22)24(29(2,3)4)17-20-9-6-5-7-10-20;1-4-5(2)3;1-2/h6,9-10,13-16,18,24,30H,5,7-8,11-12,17H2,1-4H3,(H,31,32);4H,1-3H3;1-2H3. The predicted octanol–water partition coefficient (Wildman–Crippen LogP) is 11.6. The maximum atomic E-state index is 12.4. The average molecular weight is 562 g/mol. The lowest BCUT2D eigenvalue weighted by Crippen LogP contribution is -2.29. The summed E-state index contributed by atoms with van der Waals surface area (Å²) in [5, 5.41) is 16.6. The zero-order valence-electron chi connectivity index (χ0n) is 26.3. The van der Waals surface area contributed by atoms with E-state index in [1.165, 1.54) is 45.7 Å². The quantitative estimate of drug-likeness (QED) is 0.331. The maximum Gasteiger partial charge on any atom is 0.339 e. The number of nitrogens with one attached hydrogen (secondary N) is 1. The van der Waals surface area contributed by atoms with Gasteiger partial charge in [0.1, 0.15) is 10.6 Å². The van der Waals surface area contributed by atoms with Crippen molar-refractivity contribution in [3.63, 3.8) is 0 Å². The highest BCUT2D eigenvalue weighted by Gasteiger charge is 2.33. The Labute approximate surface area is 247 Å². The van der Waals surface area contributed by atoms with E-state index in [2.05, 4.69) is 64.2 Å². The minimum absolute atomic E-state index is 0.0531. The first kappa shape index (κ1) is 33.4. The van der Waals surface area contributed by atoms with E-state index in [0.29, 0.717) is 11.5 Å². The van der Waals surface area contributed by atoms with Crippen molar-refractivity contribution in [2.75, 3.05) is 5.32 Å². The van der Waals surface area contributed by atoms with Crippen LogP contribution in [0.4, 0.5) is 5.00 Å². The molecule has 1 heterocycles. The van der Waals surface area contributed by atoms with E-state index in [1.807, 2.05) is 57.3 Å². The largest absolute Gasteiger partial charge is 0.478 e. The third-order valence-corrected chi connectivity index (χ3v) is 8.33. The van der Waals surface area contributed by atoms with Gasteiger partial charge < -0.3 is 10.4 Å². The number of hydrogen-bond donors (Lipinski definition) is 2. The van der Waals surface area contributed by atoms with Gasteiger partial charge in [0, 0.05) is 22.6 Å². The van der Waals surface area contributed by atoms with E-state index in [4.69, 9.17) is 0 Å². The van der Waals surface area contributed by atoms with Gasteiger partial charge in [-0.3, -0.25) is 0 Å². The molecule has 2 aliphatic carbocycles. The number of carbonyl (C=O) groups is 1. The van der Waals surface area contributed by atoms with Crippen molar-refractivity contribution >= 4 is 22.3 Å². The van der Waals surface area contributed by atoms with Gasteiger partial charge in [-0.15, -0.1) is 11.3 Å². The van der Waals surface area contributed by atoms with Crippen LogP contribution in [0.15, 0.2) is 76.4 Å². The molecule has 218 valence electrons. The van der Waals surface area contributed by atoms with Crippen molar-refractivity contribution in [1.82, 2.24) is 0 Å². The third-order valence-electron chi connectivity index (χ3n) is 7.44. The van der Waals surface area contributed by atoms with Gasteiger partial charge in [0.25, 0.3) is 0 Å². The fourth-order valence-corrected chi connectivity index (χ4v) is 5.64. The van der Waals surface area contributed by atoms with Crippen LogP contribution in [-0.4, -0.2) is 11.1 Å². The Bertz CT molecular complexity index is 1220. The number of carboxylic acid groups (broad SMARTS) is 1. The van der Waals surface area contributed by atoms with E-state index in [9.17, 15) is 9.90 Å². The highest BCUT2D eigenvalue weighted by atomic mass is 32.1. The number of aromatic carboxylic acids is 1. The molecule has 0 aliphatic heterocycles. The zero-order valence-corrected chi connectivity index (χ0v) is 27.1. The second-order valence-electron chi connectivity index (χ2n) is 11.8. The molecule has 2 aromatic rings. The van der Waals surface area contributed by atoms with Gasteiger partial charge in [0.15, 0.2) is 0 Å². The van der Waals surface area contributed by atoms with E-state index in [0.717, 1.165) is 48.2 Å². The Morgan fingerprint density at radius 3 is 2.17 bits per heavy atom. The molecule has 1 saturated carbocycles. The highest BCUT2D eigenvalue weighted by molar-refractivity contribution is 7.15. The number of allylic oxidation sites excluding steroid dienone is 8. The molecule has 3 nitrogen and oxygen atoms in total. The number of carboxylic acids is 1. The van der Waals surface area contributed by atoms with Gasteiger partial charge in [-0.2, -0.15) is 0 Å². The van der Waals surface area contributed by atoms with E-state index < -0.39 is 5.97 Å². The second kappa shape index (κ2) is 15.8. The summed E-state index contributed by atoms with van der Waals surface area (Å²) in [4.78, 5) is 12.4.